The number of nitrogens with one attached hydrogen (secondary N) is 1. The maximum Gasteiger partial charge on any atom is 0.329 e. The number of ether oxygens (including phenoxy) is 1. The van der Waals surface area contributed by atoms with Crippen molar-refractivity contribution in [1.82, 2.24) is 4.90 Å². The molecular weight excluding hydrogens is 390 g/mol. The van der Waals surface area contributed by atoms with Gasteiger partial charge in [0.2, 0.25) is 17.7 Å². The Morgan fingerprint density at radius 3 is 2.40 bits per heavy atom. The van der Waals surface area contributed by atoms with Crippen LogP contribution in [0.5, 0.6) is 0 Å². The monoisotopic (exact) mass is 413 g/mol. The van der Waals surface area contributed by atoms with E-state index in [2.05, 4.69) is 5.32 Å². The highest BCUT2D eigenvalue weighted by Crippen LogP contribution is 2.39. The highest BCUT2D eigenvalue weighted by atomic mass is 16.5. The summed E-state index contributed by atoms with van der Waals surface area (Å²) >= 11 is 0. The zero-order chi connectivity index (χ0) is 21.4. The fourth-order valence-electron chi connectivity index (χ4n) is 4.46. The van der Waals surface area contributed by atoms with Crippen LogP contribution in [-0.4, -0.2) is 53.7 Å². The first kappa shape index (κ1) is 20.1. The van der Waals surface area contributed by atoms with E-state index >= 15 is 0 Å². The summed E-state index contributed by atoms with van der Waals surface area (Å²) in [4.78, 5) is 64.5. The van der Waals surface area contributed by atoms with Gasteiger partial charge in [-0.15, -0.1) is 0 Å². The molecule has 1 N–H and O–H groups in total. The largest absolute Gasteiger partial charge is 0.454 e. The molecule has 30 heavy (non-hydrogen) atoms. The lowest BCUT2D eigenvalue weighted by molar-refractivity contribution is -0.159. The summed E-state index contributed by atoms with van der Waals surface area (Å²) in [5, 5.41) is 2.68. The van der Waals surface area contributed by atoms with E-state index in [-0.39, 0.29) is 36.1 Å². The predicted octanol–water partition coefficient (Wildman–Crippen LogP) is 1.08. The summed E-state index contributed by atoms with van der Waals surface area (Å²) in [6.45, 7) is 0.660. The summed E-state index contributed by atoms with van der Waals surface area (Å²) in [5.41, 5.74) is 1.01. The average Bonchev–Trinajstić information content (AvgIpc) is 3.01. The highest BCUT2D eigenvalue weighted by Gasteiger charge is 2.51. The number of imide groups is 1. The zero-order valence-electron chi connectivity index (χ0n) is 16.6. The van der Waals surface area contributed by atoms with Crippen molar-refractivity contribution < 1.29 is 28.7 Å². The van der Waals surface area contributed by atoms with Gasteiger partial charge in [-0.1, -0.05) is 25.0 Å². The van der Waals surface area contributed by atoms with Crippen LogP contribution in [0.4, 0.5) is 11.4 Å². The standard InChI is InChI=1S/C21H23N3O6/c1-12(24-19(27)13-6-2-3-7-14(13)20(24)28)21(29)30-11-18(26)23-10-17(25)22-15-8-4-5-9-16(15)23/h4-5,8-9,12-14H,2-3,6-7,10-11H2,1H3,(H,22,25). The Kier molecular flexibility index (Phi) is 5.27. The number of rotatable bonds is 4. The van der Waals surface area contributed by atoms with Gasteiger partial charge in [0.25, 0.3) is 5.91 Å². The Labute approximate surface area is 173 Å². The molecule has 3 aliphatic rings. The fourth-order valence-corrected chi connectivity index (χ4v) is 4.46. The van der Waals surface area contributed by atoms with E-state index in [4.69, 9.17) is 4.74 Å². The Bertz CT molecular complexity index is 905. The highest BCUT2D eigenvalue weighted by molar-refractivity contribution is 6.11. The second-order valence-corrected chi connectivity index (χ2v) is 7.87. The first-order chi connectivity index (χ1) is 14.4. The van der Waals surface area contributed by atoms with Crippen LogP contribution in [0.2, 0.25) is 0 Å². The van der Waals surface area contributed by atoms with Crippen LogP contribution in [0.1, 0.15) is 32.6 Å². The number of para-hydroxylation sites is 2. The average molecular weight is 413 g/mol. The molecule has 2 heterocycles. The maximum atomic E-state index is 12.6. The van der Waals surface area contributed by atoms with Gasteiger partial charge in [-0.25, -0.2) is 4.79 Å². The fraction of sp³-hybridized carbons (Fsp3) is 0.476. The van der Waals surface area contributed by atoms with Crippen molar-refractivity contribution in [2.75, 3.05) is 23.4 Å². The van der Waals surface area contributed by atoms with Gasteiger partial charge < -0.3 is 10.1 Å². The molecule has 0 bridgehead atoms. The number of anilines is 2. The Hall–Kier alpha value is -3.23. The summed E-state index contributed by atoms with van der Waals surface area (Å²) in [6.07, 6.45) is 3.10. The predicted molar refractivity (Wildman–Crippen MR) is 105 cm³/mol. The number of fused-ring (bicyclic) bond motifs is 2. The van der Waals surface area contributed by atoms with E-state index < -0.39 is 24.5 Å². The topological polar surface area (TPSA) is 113 Å². The number of hydrogen-bond donors (Lipinski definition) is 1. The van der Waals surface area contributed by atoms with Crippen LogP contribution < -0.4 is 10.2 Å². The lowest BCUT2D eigenvalue weighted by atomic mass is 9.81. The molecule has 2 aliphatic heterocycles. The molecule has 158 valence electrons. The molecule has 4 amide bonds. The Morgan fingerprint density at radius 2 is 1.73 bits per heavy atom. The van der Waals surface area contributed by atoms with Gasteiger partial charge in [0.15, 0.2) is 6.61 Å². The van der Waals surface area contributed by atoms with Gasteiger partial charge in [-0.05, 0) is 31.9 Å². The molecule has 9 heteroatoms. The third-order valence-corrected chi connectivity index (χ3v) is 6.01. The lowest BCUT2D eigenvalue weighted by Gasteiger charge is -2.29. The quantitative estimate of drug-likeness (QED) is 0.584. The minimum absolute atomic E-state index is 0.185. The van der Waals surface area contributed by atoms with Crippen LogP contribution in [0.25, 0.3) is 0 Å². The molecule has 1 aromatic carbocycles. The first-order valence-corrected chi connectivity index (χ1v) is 10.1. The molecule has 1 aromatic rings. The molecule has 3 atom stereocenters. The van der Waals surface area contributed by atoms with Crippen LogP contribution in [0.15, 0.2) is 24.3 Å². The van der Waals surface area contributed by atoms with Gasteiger partial charge in [0.05, 0.1) is 23.2 Å². The van der Waals surface area contributed by atoms with Crippen LogP contribution in [0, 0.1) is 11.8 Å². The van der Waals surface area contributed by atoms with E-state index in [1.807, 2.05) is 0 Å². The molecule has 1 saturated carbocycles. The number of nitrogens with zero attached hydrogens (tertiary/aromatic N) is 2. The van der Waals surface area contributed by atoms with Crippen molar-refractivity contribution in [2.24, 2.45) is 11.8 Å². The molecule has 9 nitrogen and oxygen atoms in total. The Balaban J connectivity index is 1.40. The molecular formula is C21H23N3O6. The number of likely N-dealkylation sites (tertiary alicyclic amines) is 1. The molecule has 1 saturated heterocycles. The van der Waals surface area contributed by atoms with Crippen molar-refractivity contribution in [3.63, 3.8) is 0 Å². The third-order valence-electron chi connectivity index (χ3n) is 6.01. The molecule has 0 spiro atoms. The van der Waals surface area contributed by atoms with Crippen molar-refractivity contribution in [3.8, 4) is 0 Å². The molecule has 4 rings (SSSR count). The molecule has 0 radical (unpaired) electrons. The number of amides is 4. The van der Waals surface area contributed by atoms with Gasteiger partial charge in [0.1, 0.15) is 12.6 Å². The summed E-state index contributed by atoms with van der Waals surface area (Å²) in [5.74, 6) is -3.11. The van der Waals surface area contributed by atoms with Gasteiger partial charge >= 0.3 is 5.97 Å². The van der Waals surface area contributed by atoms with Crippen molar-refractivity contribution in [2.45, 2.75) is 38.6 Å². The number of hydrogen-bond acceptors (Lipinski definition) is 6. The van der Waals surface area contributed by atoms with Crippen molar-refractivity contribution in [3.05, 3.63) is 24.3 Å². The second-order valence-electron chi connectivity index (χ2n) is 7.87. The maximum absolute atomic E-state index is 12.6. The first-order valence-electron chi connectivity index (χ1n) is 10.1. The number of carbonyl (C=O) groups is 5. The smallest absolute Gasteiger partial charge is 0.329 e. The second kappa shape index (κ2) is 7.89. The van der Waals surface area contributed by atoms with E-state index in [0.717, 1.165) is 17.7 Å². The number of carbonyl (C=O) groups excluding carboxylic acids is 5. The van der Waals surface area contributed by atoms with Crippen LogP contribution in [-0.2, 0) is 28.7 Å². The normalized spacial score (nSPS) is 24.1. The van der Waals surface area contributed by atoms with Crippen LogP contribution >= 0.6 is 0 Å². The van der Waals surface area contributed by atoms with Gasteiger partial charge in [-0.2, -0.15) is 0 Å². The van der Waals surface area contributed by atoms with Gasteiger partial charge in [0, 0.05) is 0 Å². The van der Waals surface area contributed by atoms with Crippen LogP contribution in [0.3, 0.4) is 0 Å². The Morgan fingerprint density at radius 1 is 1.10 bits per heavy atom. The molecule has 0 aromatic heterocycles. The lowest BCUT2D eigenvalue weighted by Crippen LogP contribution is -2.47. The van der Waals surface area contributed by atoms with E-state index in [9.17, 15) is 24.0 Å². The summed E-state index contributed by atoms with van der Waals surface area (Å²) in [7, 11) is 0. The molecule has 1 aliphatic carbocycles. The van der Waals surface area contributed by atoms with E-state index in [1.165, 1.54) is 11.8 Å². The summed E-state index contributed by atoms with van der Waals surface area (Å²) in [6, 6.07) is 5.72. The van der Waals surface area contributed by atoms with Crippen molar-refractivity contribution >= 4 is 41.0 Å². The van der Waals surface area contributed by atoms with E-state index in [1.54, 1.807) is 24.3 Å². The van der Waals surface area contributed by atoms with Gasteiger partial charge in [-0.3, -0.25) is 29.0 Å². The third kappa shape index (κ3) is 3.44. The van der Waals surface area contributed by atoms with E-state index in [0.29, 0.717) is 24.2 Å². The SMILES string of the molecule is CC(C(=O)OCC(=O)N1CC(=O)Nc2ccccc21)N1C(=O)C2CCCCC2C1=O. The van der Waals surface area contributed by atoms with Crippen molar-refractivity contribution in [1.29, 1.82) is 0 Å². The summed E-state index contributed by atoms with van der Waals surface area (Å²) < 4.78 is 5.12. The minimum Gasteiger partial charge on any atom is -0.454 e. The number of esters is 1. The molecule has 3 unspecified atom stereocenters. The number of benzene rings is 1. The molecule has 2 fully saturated rings. The zero-order valence-corrected chi connectivity index (χ0v) is 16.6. The minimum atomic E-state index is -1.10.